The van der Waals surface area contributed by atoms with Crippen molar-refractivity contribution in [2.24, 2.45) is 0 Å². The summed E-state index contributed by atoms with van der Waals surface area (Å²) in [4.78, 5) is 28.2. The molecule has 0 unspecified atom stereocenters. The number of aryl methyl sites for hydroxylation is 1. The Labute approximate surface area is 162 Å². The quantitative estimate of drug-likeness (QED) is 0.655. The Morgan fingerprint density at radius 3 is 2.44 bits per heavy atom. The largest absolute Gasteiger partial charge is 0.326 e. The number of hydrogen-bond acceptors (Lipinski definition) is 4. The molecule has 2 N–H and O–H groups in total. The van der Waals surface area contributed by atoms with Crippen LogP contribution in [0.5, 0.6) is 0 Å². The summed E-state index contributed by atoms with van der Waals surface area (Å²) in [7, 11) is 0. The Kier molecular flexibility index (Phi) is 5.98. The van der Waals surface area contributed by atoms with Gasteiger partial charge in [-0.15, -0.1) is 11.3 Å². The highest BCUT2D eigenvalue weighted by atomic mass is 32.1. The third kappa shape index (κ3) is 5.24. The van der Waals surface area contributed by atoms with Gasteiger partial charge in [0.25, 0.3) is 0 Å². The van der Waals surface area contributed by atoms with Crippen LogP contribution >= 0.6 is 11.3 Å². The summed E-state index contributed by atoms with van der Waals surface area (Å²) in [5.41, 5.74) is 4.43. The van der Waals surface area contributed by atoms with Gasteiger partial charge in [-0.05, 0) is 36.8 Å². The molecule has 0 atom stereocenters. The van der Waals surface area contributed by atoms with Crippen molar-refractivity contribution < 1.29 is 9.59 Å². The molecule has 2 amide bonds. The van der Waals surface area contributed by atoms with E-state index in [0.29, 0.717) is 6.42 Å². The van der Waals surface area contributed by atoms with E-state index in [0.717, 1.165) is 33.2 Å². The van der Waals surface area contributed by atoms with Gasteiger partial charge in [0.15, 0.2) is 0 Å². The maximum Gasteiger partial charge on any atom is 0.231 e. The number of nitrogens with one attached hydrogen (secondary N) is 2. The van der Waals surface area contributed by atoms with Crippen LogP contribution < -0.4 is 10.6 Å². The SMILES string of the molecule is CCC(=O)Nc1ccc(-c2csc(CC(=O)Nc3cccc(C)c3)n2)cc1. The van der Waals surface area contributed by atoms with Crippen LogP contribution in [0, 0.1) is 6.92 Å². The van der Waals surface area contributed by atoms with Crippen molar-refractivity contribution in [3.8, 4) is 11.3 Å². The smallest absolute Gasteiger partial charge is 0.231 e. The summed E-state index contributed by atoms with van der Waals surface area (Å²) in [6.07, 6.45) is 0.686. The first-order valence-electron chi connectivity index (χ1n) is 8.74. The molecule has 0 radical (unpaired) electrons. The second-order valence-electron chi connectivity index (χ2n) is 6.20. The average Bonchev–Trinajstić information content (AvgIpc) is 3.10. The first-order chi connectivity index (χ1) is 13.0. The Morgan fingerprint density at radius 1 is 1.00 bits per heavy atom. The van der Waals surface area contributed by atoms with Gasteiger partial charge in [0, 0.05) is 28.7 Å². The number of rotatable bonds is 6. The molecule has 0 aliphatic rings. The van der Waals surface area contributed by atoms with Crippen molar-refractivity contribution in [1.82, 2.24) is 4.98 Å². The van der Waals surface area contributed by atoms with Gasteiger partial charge in [0.05, 0.1) is 12.1 Å². The van der Waals surface area contributed by atoms with Crippen LogP contribution in [0.25, 0.3) is 11.3 Å². The van der Waals surface area contributed by atoms with E-state index < -0.39 is 0 Å². The molecular weight excluding hydrogens is 358 g/mol. The van der Waals surface area contributed by atoms with Gasteiger partial charge in [-0.2, -0.15) is 0 Å². The van der Waals surface area contributed by atoms with Crippen LogP contribution in [0.1, 0.15) is 23.9 Å². The Hall–Kier alpha value is -2.99. The summed E-state index contributed by atoms with van der Waals surface area (Å²) in [6, 6.07) is 15.2. The number of benzene rings is 2. The highest BCUT2D eigenvalue weighted by molar-refractivity contribution is 7.10. The zero-order valence-corrected chi connectivity index (χ0v) is 16.1. The highest BCUT2D eigenvalue weighted by Gasteiger charge is 2.10. The van der Waals surface area contributed by atoms with E-state index in [1.54, 1.807) is 0 Å². The summed E-state index contributed by atoms with van der Waals surface area (Å²) in [6.45, 7) is 3.80. The molecule has 3 aromatic rings. The predicted molar refractivity (Wildman–Crippen MR) is 110 cm³/mol. The molecule has 0 aliphatic carbocycles. The van der Waals surface area contributed by atoms with Gasteiger partial charge >= 0.3 is 0 Å². The molecule has 6 heteroatoms. The second kappa shape index (κ2) is 8.60. The molecule has 138 valence electrons. The van der Waals surface area contributed by atoms with E-state index in [9.17, 15) is 9.59 Å². The molecule has 0 bridgehead atoms. The third-order valence-corrected chi connectivity index (χ3v) is 4.80. The average molecular weight is 379 g/mol. The first-order valence-corrected chi connectivity index (χ1v) is 9.62. The van der Waals surface area contributed by atoms with Gasteiger partial charge in [0.2, 0.25) is 11.8 Å². The summed E-state index contributed by atoms with van der Waals surface area (Å²) in [5.74, 6) is -0.0996. The van der Waals surface area contributed by atoms with Crippen molar-refractivity contribution in [3.05, 3.63) is 64.5 Å². The zero-order valence-electron chi connectivity index (χ0n) is 15.3. The first kappa shape index (κ1) is 18.8. The maximum absolute atomic E-state index is 12.2. The molecule has 0 aliphatic heterocycles. The molecule has 3 rings (SSSR count). The van der Waals surface area contributed by atoms with Crippen LogP contribution in [0.3, 0.4) is 0 Å². The number of hydrogen-bond donors (Lipinski definition) is 2. The number of carbonyl (C=O) groups is 2. The summed E-state index contributed by atoms with van der Waals surface area (Å²) in [5, 5.41) is 8.42. The van der Waals surface area contributed by atoms with Crippen molar-refractivity contribution >= 4 is 34.5 Å². The molecule has 1 aromatic heterocycles. The van der Waals surface area contributed by atoms with Crippen molar-refractivity contribution in [2.45, 2.75) is 26.7 Å². The van der Waals surface area contributed by atoms with Crippen LogP contribution in [-0.4, -0.2) is 16.8 Å². The van der Waals surface area contributed by atoms with Crippen LogP contribution in [0.2, 0.25) is 0 Å². The zero-order chi connectivity index (χ0) is 19.2. The van der Waals surface area contributed by atoms with Crippen LogP contribution in [-0.2, 0) is 16.0 Å². The van der Waals surface area contributed by atoms with Gasteiger partial charge in [-0.25, -0.2) is 4.98 Å². The van der Waals surface area contributed by atoms with Gasteiger partial charge in [0.1, 0.15) is 5.01 Å². The minimum atomic E-state index is -0.0841. The van der Waals surface area contributed by atoms with Crippen molar-refractivity contribution in [2.75, 3.05) is 10.6 Å². The highest BCUT2D eigenvalue weighted by Crippen LogP contribution is 2.24. The normalized spacial score (nSPS) is 10.4. The van der Waals surface area contributed by atoms with Crippen molar-refractivity contribution in [3.63, 3.8) is 0 Å². The third-order valence-electron chi connectivity index (χ3n) is 3.95. The monoisotopic (exact) mass is 379 g/mol. The van der Waals surface area contributed by atoms with Crippen molar-refractivity contribution in [1.29, 1.82) is 0 Å². The fraction of sp³-hybridized carbons (Fsp3) is 0.190. The van der Waals surface area contributed by atoms with Gasteiger partial charge in [-0.1, -0.05) is 31.2 Å². The van der Waals surface area contributed by atoms with Gasteiger partial charge < -0.3 is 10.6 Å². The Balaban J connectivity index is 1.62. The van der Waals surface area contributed by atoms with Gasteiger partial charge in [-0.3, -0.25) is 9.59 Å². The second-order valence-corrected chi connectivity index (χ2v) is 7.14. The number of thiazole rings is 1. The molecule has 2 aromatic carbocycles. The van der Waals surface area contributed by atoms with E-state index in [-0.39, 0.29) is 18.2 Å². The Bertz CT molecular complexity index is 948. The molecule has 0 saturated heterocycles. The standard InChI is InChI=1S/C21H21N3O2S/c1-3-19(25)22-16-9-7-15(8-10-16)18-13-27-21(24-18)12-20(26)23-17-6-4-5-14(2)11-17/h4-11,13H,3,12H2,1-2H3,(H,22,25)(H,23,26). The Morgan fingerprint density at radius 2 is 1.74 bits per heavy atom. The number of carbonyl (C=O) groups excluding carboxylic acids is 2. The lowest BCUT2D eigenvalue weighted by atomic mass is 10.1. The number of aromatic nitrogens is 1. The lowest BCUT2D eigenvalue weighted by Gasteiger charge is -2.05. The maximum atomic E-state index is 12.2. The summed E-state index contributed by atoms with van der Waals surface area (Å²) < 4.78 is 0. The van der Waals surface area contributed by atoms with E-state index in [4.69, 9.17) is 0 Å². The molecule has 27 heavy (non-hydrogen) atoms. The topological polar surface area (TPSA) is 71.1 Å². The molecule has 5 nitrogen and oxygen atoms in total. The minimum Gasteiger partial charge on any atom is -0.326 e. The summed E-state index contributed by atoms with van der Waals surface area (Å²) >= 11 is 1.46. The molecule has 0 spiro atoms. The van der Waals surface area contributed by atoms with Crippen LogP contribution in [0.4, 0.5) is 11.4 Å². The van der Waals surface area contributed by atoms with E-state index in [1.807, 2.05) is 67.8 Å². The molecule has 0 saturated carbocycles. The van der Waals surface area contributed by atoms with E-state index >= 15 is 0 Å². The molecule has 1 heterocycles. The lowest BCUT2D eigenvalue weighted by Crippen LogP contribution is -2.14. The minimum absolute atomic E-state index is 0.0154. The lowest BCUT2D eigenvalue weighted by molar-refractivity contribution is -0.116. The fourth-order valence-corrected chi connectivity index (χ4v) is 3.37. The van der Waals surface area contributed by atoms with Crippen LogP contribution in [0.15, 0.2) is 53.9 Å². The molecule has 0 fully saturated rings. The number of nitrogens with zero attached hydrogens (tertiary/aromatic N) is 1. The van der Waals surface area contributed by atoms with E-state index in [2.05, 4.69) is 15.6 Å². The molecular formula is C21H21N3O2S. The van der Waals surface area contributed by atoms with E-state index in [1.165, 1.54) is 11.3 Å². The number of amides is 2. The predicted octanol–water partition coefficient (Wildman–Crippen LogP) is 4.65. The fourth-order valence-electron chi connectivity index (χ4n) is 2.56. The number of anilines is 2.